The fourth-order valence-electron chi connectivity index (χ4n) is 2.17. The Hall–Kier alpha value is -0.990. The summed E-state index contributed by atoms with van der Waals surface area (Å²) in [5.74, 6) is 2.49. The molecule has 0 aliphatic heterocycles. The van der Waals surface area contributed by atoms with Crippen molar-refractivity contribution >= 4 is 0 Å². The van der Waals surface area contributed by atoms with Gasteiger partial charge in [-0.25, -0.2) is 15.0 Å². The first-order chi connectivity index (χ1) is 9.26. The first-order valence-electron chi connectivity index (χ1n) is 7.82. The van der Waals surface area contributed by atoms with Gasteiger partial charge in [-0.1, -0.05) is 52.4 Å². The van der Waals surface area contributed by atoms with Gasteiger partial charge in [-0.05, 0) is 12.8 Å². The van der Waals surface area contributed by atoms with E-state index in [9.17, 15) is 0 Å². The SMILES string of the molecule is [CH2]c1nc(CCCCCC)nc(CCCCCC)n1. The molecule has 0 N–H and O–H groups in total. The molecule has 0 saturated heterocycles. The van der Waals surface area contributed by atoms with Gasteiger partial charge in [0, 0.05) is 19.8 Å². The van der Waals surface area contributed by atoms with Crippen molar-refractivity contribution in [2.45, 2.75) is 78.1 Å². The number of aromatic nitrogens is 3. The van der Waals surface area contributed by atoms with Gasteiger partial charge in [-0.2, -0.15) is 0 Å². The Labute approximate surface area is 118 Å². The maximum atomic E-state index is 4.57. The van der Waals surface area contributed by atoms with E-state index in [1.54, 1.807) is 0 Å². The second-order valence-corrected chi connectivity index (χ2v) is 5.21. The summed E-state index contributed by atoms with van der Waals surface area (Å²) < 4.78 is 0. The predicted molar refractivity (Wildman–Crippen MR) is 80.0 cm³/mol. The molecule has 19 heavy (non-hydrogen) atoms. The van der Waals surface area contributed by atoms with Gasteiger partial charge in [0.2, 0.25) is 0 Å². The summed E-state index contributed by atoms with van der Waals surface area (Å²) in [6, 6.07) is 0. The molecule has 3 heteroatoms. The highest BCUT2D eigenvalue weighted by Gasteiger charge is 2.04. The quantitative estimate of drug-likeness (QED) is 0.590. The molecule has 1 radical (unpaired) electrons. The van der Waals surface area contributed by atoms with Crippen molar-refractivity contribution in [1.82, 2.24) is 15.0 Å². The summed E-state index contributed by atoms with van der Waals surface area (Å²) in [5.41, 5.74) is 0. The molecule has 1 aromatic heterocycles. The number of hydrogen-bond donors (Lipinski definition) is 0. The second-order valence-electron chi connectivity index (χ2n) is 5.21. The molecule has 107 valence electrons. The van der Waals surface area contributed by atoms with E-state index in [4.69, 9.17) is 0 Å². The molecule has 3 nitrogen and oxygen atoms in total. The van der Waals surface area contributed by atoms with E-state index in [0.29, 0.717) is 5.82 Å². The largest absolute Gasteiger partial charge is 0.218 e. The Balaban J connectivity index is 2.41. The number of hydrogen-bond acceptors (Lipinski definition) is 3. The van der Waals surface area contributed by atoms with Crippen LogP contribution in [-0.2, 0) is 12.8 Å². The molecular formula is C16H28N3. The highest BCUT2D eigenvalue weighted by Crippen LogP contribution is 2.07. The summed E-state index contributed by atoms with van der Waals surface area (Å²) in [7, 11) is 0. The van der Waals surface area contributed by atoms with Gasteiger partial charge in [0.15, 0.2) is 0 Å². The smallest absolute Gasteiger partial charge is 0.133 e. The lowest BCUT2D eigenvalue weighted by atomic mass is 10.1. The van der Waals surface area contributed by atoms with Crippen LogP contribution in [0.3, 0.4) is 0 Å². The van der Waals surface area contributed by atoms with E-state index in [0.717, 1.165) is 24.5 Å². The Morgan fingerprint density at radius 1 is 0.684 bits per heavy atom. The van der Waals surface area contributed by atoms with E-state index >= 15 is 0 Å². The standard InChI is InChI=1S/C16H28N3/c1-4-6-8-10-12-15-17-14(3)18-16(19-15)13-11-9-7-5-2/h3-13H2,1-2H3. The monoisotopic (exact) mass is 262 g/mol. The minimum Gasteiger partial charge on any atom is -0.218 e. The second kappa shape index (κ2) is 9.88. The molecular weight excluding hydrogens is 234 g/mol. The van der Waals surface area contributed by atoms with Crippen LogP contribution in [0.4, 0.5) is 0 Å². The lowest BCUT2D eigenvalue weighted by molar-refractivity contribution is 0.627. The van der Waals surface area contributed by atoms with E-state index in [1.165, 1.54) is 51.4 Å². The van der Waals surface area contributed by atoms with Crippen LogP contribution in [0.25, 0.3) is 0 Å². The van der Waals surface area contributed by atoms with Crippen LogP contribution in [0, 0.1) is 6.92 Å². The molecule has 0 spiro atoms. The van der Waals surface area contributed by atoms with Crippen molar-refractivity contribution in [2.75, 3.05) is 0 Å². The lowest BCUT2D eigenvalue weighted by Gasteiger charge is -2.05. The predicted octanol–water partition coefficient (Wildman–Crippen LogP) is 4.30. The van der Waals surface area contributed by atoms with Crippen molar-refractivity contribution in [1.29, 1.82) is 0 Å². The lowest BCUT2D eigenvalue weighted by Crippen LogP contribution is -2.06. The van der Waals surface area contributed by atoms with Crippen LogP contribution in [0.5, 0.6) is 0 Å². The molecule has 0 atom stereocenters. The van der Waals surface area contributed by atoms with Gasteiger partial charge in [0.1, 0.15) is 17.5 Å². The molecule has 0 aliphatic rings. The van der Waals surface area contributed by atoms with Crippen molar-refractivity contribution in [3.05, 3.63) is 24.4 Å². The van der Waals surface area contributed by atoms with E-state index in [2.05, 4.69) is 35.7 Å². The van der Waals surface area contributed by atoms with Crippen molar-refractivity contribution in [2.24, 2.45) is 0 Å². The van der Waals surface area contributed by atoms with Crippen LogP contribution in [0.1, 0.15) is 82.7 Å². The number of aryl methyl sites for hydroxylation is 2. The fraction of sp³-hybridized carbons (Fsp3) is 0.750. The summed E-state index contributed by atoms with van der Waals surface area (Å²) in [5, 5.41) is 0. The average molecular weight is 262 g/mol. The van der Waals surface area contributed by atoms with Gasteiger partial charge < -0.3 is 0 Å². The molecule has 1 heterocycles. The minimum absolute atomic E-state index is 0.631. The average Bonchev–Trinajstić information content (AvgIpc) is 2.39. The first kappa shape index (κ1) is 16.1. The van der Waals surface area contributed by atoms with Crippen molar-refractivity contribution in [3.63, 3.8) is 0 Å². The number of unbranched alkanes of at least 4 members (excludes halogenated alkanes) is 6. The molecule has 0 unspecified atom stereocenters. The van der Waals surface area contributed by atoms with Gasteiger partial charge in [-0.3, -0.25) is 0 Å². The molecule has 1 aromatic rings. The summed E-state index contributed by atoms with van der Waals surface area (Å²) in [6.45, 7) is 8.32. The van der Waals surface area contributed by atoms with E-state index in [-0.39, 0.29) is 0 Å². The molecule has 0 aromatic carbocycles. The number of rotatable bonds is 10. The summed E-state index contributed by atoms with van der Waals surface area (Å²) in [4.78, 5) is 13.3. The maximum Gasteiger partial charge on any atom is 0.133 e. The highest BCUT2D eigenvalue weighted by molar-refractivity contribution is 5.00. The maximum absolute atomic E-state index is 4.57. The third kappa shape index (κ3) is 7.24. The van der Waals surface area contributed by atoms with Crippen molar-refractivity contribution < 1.29 is 0 Å². The Kier molecular flexibility index (Phi) is 8.35. The zero-order valence-corrected chi connectivity index (χ0v) is 12.6. The van der Waals surface area contributed by atoms with Crippen LogP contribution < -0.4 is 0 Å². The van der Waals surface area contributed by atoms with E-state index in [1.807, 2.05) is 0 Å². The molecule has 0 bridgehead atoms. The summed E-state index contributed by atoms with van der Waals surface area (Å²) >= 11 is 0. The first-order valence-corrected chi connectivity index (χ1v) is 7.82. The summed E-state index contributed by atoms with van der Waals surface area (Å²) in [6.07, 6.45) is 11.9. The topological polar surface area (TPSA) is 38.7 Å². The van der Waals surface area contributed by atoms with E-state index < -0.39 is 0 Å². The van der Waals surface area contributed by atoms with Crippen LogP contribution >= 0.6 is 0 Å². The van der Waals surface area contributed by atoms with Gasteiger partial charge in [0.05, 0.1) is 0 Å². The van der Waals surface area contributed by atoms with Gasteiger partial charge >= 0.3 is 0 Å². The molecule has 0 amide bonds. The Bertz CT molecular complexity index is 320. The third-order valence-electron chi connectivity index (χ3n) is 3.28. The number of nitrogens with zero attached hydrogens (tertiary/aromatic N) is 3. The molecule has 0 aliphatic carbocycles. The van der Waals surface area contributed by atoms with Gasteiger partial charge in [-0.15, -0.1) is 0 Å². The fourth-order valence-corrected chi connectivity index (χ4v) is 2.17. The Morgan fingerprint density at radius 3 is 1.58 bits per heavy atom. The van der Waals surface area contributed by atoms with Crippen LogP contribution in [-0.4, -0.2) is 15.0 Å². The third-order valence-corrected chi connectivity index (χ3v) is 3.28. The minimum atomic E-state index is 0.631. The van der Waals surface area contributed by atoms with Crippen LogP contribution in [0.15, 0.2) is 0 Å². The molecule has 1 rings (SSSR count). The Morgan fingerprint density at radius 2 is 1.16 bits per heavy atom. The van der Waals surface area contributed by atoms with Crippen LogP contribution in [0.2, 0.25) is 0 Å². The van der Waals surface area contributed by atoms with Crippen molar-refractivity contribution in [3.8, 4) is 0 Å². The normalized spacial score (nSPS) is 10.9. The van der Waals surface area contributed by atoms with Gasteiger partial charge in [0.25, 0.3) is 0 Å². The highest BCUT2D eigenvalue weighted by atomic mass is 15.0. The zero-order valence-electron chi connectivity index (χ0n) is 12.6. The molecule has 0 fully saturated rings. The molecule has 0 saturated carbocycles. The zero-order chi connectivity index (χ0) is 13.9.